The number of pyridine rings is 1. The van der Waals surface area contributed by atoms with Crippen LogP contribution in [0.25, 0.3) is 0 Å². The highest BCUT2D eigenvalue weighted by Crippen LogP contribution is 2.36. The largest absolute Gasteiger partial charge is 0.244 e. The number of rotatable bonds is 1. The minimum atomic E-state index is 0.229. The van der Waals surface area contributed by atoms with Gasteiger partial charge in [-0.3, -0.25) is 0 Å². The highest BCUT2D eigenvalue weighted by Gasteiger charge is 2.23. The molecule has 1 nitrogen and oxygen atoms in total. The van der Waals surface area contributed by atoms with E-state index in [1.54, 1.807) is 6.20 Å². The number of halogens is 1. The van der Waals surface area contributed by atoms with Gasteiger partial charge in [0.1, 0.15) is 5.15 Å². The lowest BCUT2D eigenvalue weighted by molar-refractivity contribution is 0.339. The van der Waals surface area contributed by atoms with Crippen LogP contribution >= 0.6 is 11.6 Å². The van der Waals surface area contributed by atoms with E-state index in [4.69, 9.17) is 11.6 Å². The summed E-state index contributed by atoms with van der Waals surface area (Å²) in [4.78, 5) is 4.08. The Balaban J connectivity index is 3.02. The number of hydrogen-bond donors (Lipinski definition) is 0. The van der Waals surface area contributed by atoms with Gasteiger partial charge in [-0.15, -0.1) is 0 Å². The van der Waals surface area contributed by atoms with Crippen LogP contribution in [0.15, 0.2) is 18.3 Å². The van der Waals surface area contributed by atoms with Gasteiger partial charge in [-0.2, -0.15) is 0 Å². The second-order valence-electron chi connectivity index (χ2n) is 4.47. The van der Waals surface area contributed by atoms with Crippen LogP contribution in [-0.2, 0) is 0 Å². The van der Waals surface area contributed by atoms with Crippen molar-refractivity contribution in [2.75, 3.05) is 0 Å². The van der Waals surface area contributed by atoms with Crippen LogP contribution in [0.3, 0.4) is 0 Å². The summed E-state index contributed by atoms with van der Waals surface area (Å²) in [5, 5.41) is 0.630. The van der Waals surface area contributed by atoms with Crippen molar-refractivity contribution < 1.29 is 0 Å². The summed E-state index contributed by atoms with van der Waals surface area (Å²) in [5.74, 6) is 0.425. The van der Waals surface area contributed by atoms with Gasteiger partial charge in [0, 0.05) is 6.20 Å². The van der Waals surface area contributed by atoms with E-state index in [9.17, 15) is 0 Å². The summed E-state index contributed by atoms with van der Waals surface area (Å²) in [6.07, 6.45) is 1.72. The highest BCUT2D eigenvalue weighted by molar-refractivity contribution is 6.30. The molecule has 1 unspecified atom stereocenters. The third-order valence-electron chi connectivity index (χ3n) is 2.55. The molecule has 0 saturated heterocycles. The van der Waals surface area contributed by atoms with Crippen molar-refractivity contribution in [2.45, 2.75) is 33.6 Å². The lowest BCUT2D eigenvalue weighted by Gasteiger charge is -2.27. The number of hydrogen-bond acceptors (Lipinski definition) is 1. The monoisotopic (exact) mass is 197 g/mol. The van der Waals surface area contributed by atoms with Crippen LogP contribution in [-0.4, -0.2) is 4.98 Å². The van der Waals surface area contributed by atoms with Gasteiger partial charge in [0.15, 0.2) is 0 Å². The molecule has 2 heteroatoms. The molecule has 0 aliphatic rings. The van der Waals surface area contributed by atoms with E-state index in [1.165, 1.54) is 0 Å². The summed E-state index contributed by atoms with van der Waals surface area (Å²) in [5.41, 5.74) is 1.36. The fraction of sp³-hybridized carbons (Fsp3) is 0.545. The molecule has 72 valence electrons. The van der Waals surface area contributed by atoms with Crippen molar-refractivity contribution in [1.29, 1.82) is 0 Å². The van der Waals surface area contributed by atoms with Crippen molar-refractivity contribution in [3.8, 4) is 0 Å². The SMILES string of the molecule is CC(c1cccnc1Cl)C(C)(C)C. The Bertz CT molecular complexity index is 288. The molecular weight excluding hydrogens is 182 g/mol. The molecule has 1 heterocycles. The Morgan fingerprint density at radius 1 is 1.38 bits per heavy atom. The van der Waals surface area contributed by atoms with Gasteiger partial charge in [0.25, 0.3) is 0 Å². The van der Waals surface area contributed by atoms with Gasteiger partial charge in [0.05, 0.1) is 0 Å². The van der Waals surface area contributed by atoms with Gasteiger partial charge < -0.3 is 0 Å². The van der Waals surface area contributed by atoms with E-state index in [-0.39, 0.29) is 5.41 Å². The molecule has 0 fully saturated rings. The predicted octanol–water partition coefficient (Wildman–Crippen LogP) is 3.88. The molecule has 0 N–H and O–H groups in total. The summed E-state index contributed by atoms with van der Waals surface area (Å²) >= 11 is 6.01. The summed E-state index contributed by atoms with van der Waals surface area (Å²) in [7, 11) is 0. The molecule has 0 aliphatic heterocycles. The van der Waals surface area contributed by atoms with Gasteiger partial charge >= 0.3 is 0 Å². The maximum atomic E-state index is 6.01. The highest BCUT2D eigenvalue weighted by atomic mass is 35.5. The first-order valence-corrected chi connectivity index (χ1v) is 4.91. The van der Waals surface area contributed by atoms with Crippen LogP contribution in [0.5, 0.6) is 0 Å². The van der Waals surface area contributed by atoms with Crippen molar-refractivity contribution >= 4 is 11.6 Å². The molecule has 0 spiro atoms. The molecule has 0 radical (unpaired) electrons. The molecule has 0 amide bonds. The van der Waals surface area contributed by atoms with Crippen molar-refractivity contribution in [3.05, 3.63) is 29.0 Å². The fourth-order valence-electron chi connectivity index (χ4n) is 1.19. The van der Waals surface area contributed by atoms with E-state index in [0.29, 0.717) is 11.1 Å². The lowest BCUT2D eigenvalue weighted by atomic mass is 9.78. The second kappa shape index (κ2) is 3.67. The first-order chi connectivity index (χ1) is 5.93. The standard InChI is InChI=1S/C11H16ClN/c1-8(11(2,3)4)9-6-5-7-13-10(9)12/h5-8H,1-4H3. The lowest BCUT2D eigenvalue weighted by Crippen LogP contribution is -2.15. The minimum absolute atomic E-state index is 0.229. The van der Waals surface area contributed by atoms with E-state index >= 15 is 0 Å². The van der Waals surface area contributed by atoms with Crippen LogP contribution < -0.4 is 0 Å². The zero-order chi connectivity index (χ0) is 10.1. The molecule has 0 bridgehead atoms. The Labute approximate surface area is 85.1 Å². The van der Waals surface area contributed by atoms with Crippen LogP contribution in [0, 0.1) is 5.41 Å². The molecular formula is C11H16ClN. The zero-order valence-corrected chi connectivity index (χ0v) is 9.39. The first kappa shape index (κ1) is 10.5. The average Bonchev–Trinajstić information content (AvgIpc) is 2.02. The molecule has 1 aromatic heterocycles. The molecule has 1 atom stereocenters. The van der Waals surface area contributed by atoms with E-state index in [2.05, 4.69) is 32.7 Å². The predicted molar refractivity (Wildman–Crippen MR) is 57.1 cm³/mol. The van der Waals surface area contributed by atoms with Crippen LogP contribution in [0.4, 0.5) is 0 Å². The first-order valence-electron chi connectivity index (χ1n) is 4.53. The molecule has 13 heavy (non-hydrogen) atoms. The third kappa shape index (κ3) is 2.44. The van der Waals surface area contributed by atoms with E-state index < -0.39 is 0 Å². The third-order valence-corrected chi connectivity index (χ3v) is 2.87. The minimum Gasteiger partial charge on any atom is -0.244 e. The smallest absolute Gasteiger partial charge is 0.132 e. The van der Waals surface area contributed by atoms with Crippen molar-refractivity contribution in [2.24, 2.45) is 5.41 Å². The Morgan fingerprint density at radius 3 is 2.46 bits per heavy atom. The van der Waals surface area contributed by atoms with Gasteiger partial charge in [-0.25, -0.2) is 4.98 Å². The van der Waals surface area contributed by atoms with Gasteiger partial charge in [-0.1, -0.05) is 45.4 Å². The fourth-order valence-corrected chi connectivity index (χ4v) is 1.47. The molecule has 1 rings (SSSR count). The molecule has 0 aliphatic carbocycles. The maximum absolute atomic E-state index is 6.01. The van der Waals surface area contributed by atoms with Gasteiger partial charge in [-0.05, 0) is 23.0 Å². The summed E-state index contributed by atoms with van der Waals surface area (Å²) in [6, 6.07) is 3.98. The quantitative estimate of drug-likeness (QED) is 0.623. The summed E-state index contributed by atoms with van der Waals surface area (Å²) in [6.45, 7) is 8.81. The van der Waals surface area contributed by atoms with E-state index in [0.717, 1.165) is 5.56 Å². The summed E-state index contributed by atoms with van der Waals surface area (Å²) < 4.78 is 0. The Morgan fingerprint density at radius 2 is 2.00 bits per heavy atom. The van der Waals surface area contributed by atoms with Gasteiger partial charge in [0.2, 0.25) is 0 Å². The Hall–Kier alpha value is -0.560. The van der Waals surface area contributed by atoms with Crippen molar-refractivity contribution in [3.63, 3.8) is 0 Å². The second-order valence-corrected chi connectivity index (χ2v) is 4.83. The number of aromatic nitrogens is 1. The maximum Gasteiger partial charge on any atom is 0.132 e. The van der Waals surface area contributed by atoms with Crippen LogP contribution in [0.2, 0.25) is 5.15 Å². The molecule has 1 aromatic rings. The topological polar surface area (TPSA) is 12.9 Å². The number of nitrogens with zero attached hydrogens (tertiary/aromatic N) is 1. The normalized spacial score (nSPS) is 14.2. The van der Waals surface area contributed by atoms with E-state index in [1.807, 2.05) is 12.1 Å². The molecule has 0 saturated carbocycles. The van der Waals surface area contributed by atoms with Crippen LogP contribution in [0.1, 0.15) is 39.2 Å². The molecule has 0 aromatic carbocycles. The zero-order valence-electron chi connectivity index (χ0n) is 8.63. The Kier molecular flexibility index (Phi) is 2.97. The average molecular weight is 198 g/mol. The van der Waals surface area contributed by atoms with Crippen molar-refractivity contribution in [1.82, 2.24) is 4.98 Å².